The summed E-state index contributed by atoms with van der Waals surface area (Å²) in [5.41, 5.74) is 4.07. The van der Waals surface area contributed by atoms with Gasteiger partial charge in [-0.1, -0.05) is 48.4 Å². The Kier molecular flexibility index (Phi) is 5.69. The van der Waals surface area contributed by atoms with E-state index < -0.39 is 0 Å². The molecule has 29 heavy (non-hydrogen) atoms. The van der Waals surface area contributed by atoms with E-state index in [1.807, 2.05) is 42.6 Å². The number of terminal acetylenes is 1. The molecule has 2 heterocycles. The first kappa shape index (κ1) is 18.9. The number of hydrogen-bond acceptors (Lipinski definition) is 2. The molecule has 0 spiro atoms. The molecule has 0 amide bonds. The number of fused-ring (bicyclic) bond motifs is 1. The molecule has 0 aliphatic carbocycles. The van der Waals surface area contributed by atoms with Gasteiger partial charge in [0.2, 0.25) is 0 Å². The van der Waals surface area contributed by atoms with Crippen molar-refractivity contribution in [2.45, 2.75) is 26.2 Å². The van der Waals surface area contributed by atoms with Gasteiger partial charge in [-0.05, 0) is 29.3 Å². The average Bonchev–Trinajstić information content (AvgIpc) is 3.08. The highest BCUT2D eigenvalue weighted by molar-refractivity contribution is 5.84. The van der Waals surface area contributed by atoms with E-state index in [2.05, 4.69) is 38.7 Å². The van der Waals surface area contributed by atoms with Crippen molar-refractivity contribution in [3.05, 3.63) is 102 Å². The van der Waals surface area contributed by atoms with Crippen molar-refractivity contribution < 1.29 is 4.39 Å². The normalized spacial score (nSPS) is 11.1. The predicted octanol–water partition coefficient (Wildman–Crippen LogP) is 5.01. The number of nitrogens with zero attached hydrogens (tertiary/aromatic N) is 3. The van der Waals surface area contributed by atoms with E-state index >= 15 is 0 Å². The van der Waals surface area contributed by atoms with Crippen molar-refractivity contribution in [3.8, 4) is 12.3 Å². The van der Waals surface area contributed by atoms with E-state index in [0.29, 0.717) is 31.7 Å². The molecule has 0 bridgehead atoms. The lowest BCUT2D eigenvalue weighted by Gasteiger charge is -2.22. The van der Waals surface area contributed by atoms with Crippen LogP contribution in [0.1, 0.15) is 16.7 Å². The summed E-state index contributed by atoms with van der Waals surface area (Å²) < 4.78 is 16.4. The molecule has 0 aliphatic heterocycles. The molecule has 0 saturated carbocycles. The van der Waals surface area contributed by atoms with Gasteiger partial charge < -0.3 is 4.57 Å². The van der Waals surface area contributed by atoms with Gasteiger partial charge in [-0.2, -0.15) is 0 Å². The van der Waals surface area contributed by atoms with Crippen molar-refractivity contribution in [2.75, 3.05) is 0 Å². The maximum absolute atomic E-state index is 14.3. The Morgan fingerprint density at radius 1 is 0.931 bits per heavy atom. The monoisotopic (exact) mass is 383 g/mol. The molecule has 0 radical (unpaired) electrons. The standard InChI is InChI=1S/C25H22FN3/c1-2-14-29-19-22(23-10-4-6-12-25(23)29)18-28(16-20-8-7-13-27-15-20)17-21-9-3-5-11-24(21)26/h1,3-13,15,19H,14,16-18H2. The van der Waals surface area contributed by atoms with Gasteiger partial charge in [-0.25, -0.2) is 4.39 Å². The molecule has 0 atom stereocenters. The Morgan fingerprint density at radius 3 is 2.52 bits per heavy atom. The molecule has 0 unspecified atom stereocenters. The number of hydrogen-bond donors (Lipinski definition) is 0. The van der Waals surface area contributed by atoms with Crippen molar-refractivity contribution in [1.29, 1.82) is 0 Å². The third-order valence-electron chi connectivity index (χ3n) is 5.01. The maximum Gasteiger partial charge on any atom is 0.127 e. The summed E-state index contributed by atoms with van der Waals surface area (Å²) in [7, 11) is 0. The molecule has 0 aliphatic rings. The van der Waals surface area contributed by atoms with Crippen molar-refractivity contribution in [2.24, 2.45) is 0 Å². The lowest BCUT2D eigenvalue weighted by Crippen LogP contribution is -2.23. The summed E-state index contributed by atoms with van der Waals surface area (Å²) in [6, 6.07) is 19.2. The summed E-state index contributed by atoms with van der Waals surface area (Å²) in [6.07, 6.45) is 11.3. The van der Waals surface area contributed by atoms with E-state index in [4.69, 9.17) is 6.42 Å². The first-order valence-electron chi connectivity index (χ1n) is 9.59. The van der Waals surface area contributed by atoms with Crippen LogP contribution in [-0.4, -0.2) is 14.5 Å². The fourth-order valence-electron chi connectivity index (χ4n) is 3.70. The Hall–Kier alpha value is -3.42. The van der Waals surface area contributed by atoms with E-state index in [1.54, 1.807) is 12.3 Å². The Morgan fingerprint density at radius 2 is 1.72 bits per heavy atom. The average molecular weight is 383 g/mol. The maximum atomic E-state index is 14.3. The molecular formula is C25H22FN3. The zero-order valence-corrected chi connectivity index (χ0v) is 16.1. The van der Waals surface area contributed by atoms with Crippen LogP contribution < -0.4 is 0 Å². The molecule has 3 nitrogen and oxygen atoms in total. The highest BCUT2D eigenvalue weighted by atomic mass is 19.1. The van der Waals surface area contributed by atoms with Crippen LogP contribution in [0.15, 0.2) is 79.3 Å². The summed E-state index contributed by atoms with van der Waals surface area (Å²) >= 11 is 0. The second-order valence-corrected chi connectivity index (χ2v) is 7.10. The van der Waals surface area contributed by atoms with Gasteiger partial charge in [0.25, 0.3) is 0 Å². The fraction of sp³-hybridized carbons (Fsp3) is 0.160. The van der Waals surface area contributed by atoms with Crippen LogP contribution in [0.4, 0.5) is 4.39 Å². The summed E-state index contributed by atoms with van der Waals surface area (Å²) in [5.74, 6) is 2.54. The molecule has 2 aromatic heterocycles. The van der Waals surface area contributed by atoms with E-state index in [-0.39, 0.29) is 5.82 Å². The molecule has 0 N–H and O–H groups in total. The fourth-order valence-corrected chi connectivity index (χ4v) is 3.70. The minimum Gasteiger partial charge on any atom is -0.336 e. The molecule has 144 valence electrons. The number of benzene rings is 2. The summed E-state index contributed by atoms with van der Waals surface area (Å²) in [4.78, 5) is 6.45. The number of pyridine rings is 1. The lowest BCUT2D eigenvalue weighted by molar-refractivity contribution is 0.244. The van der Waals surface area contributed by atoms with Crippen molar-refractivity contribution in [1.82, 2.24) is 14.5 Å². The van der Waals surface area contributed by atoms with Gasteiger partial charge in [-0.15, -0.1) is 6.42 Å². The number of halogens is 1. The van der Waals surface area contributed by atoms with Crippen LogP contribution in [0.25, 0.3) is 10.9 Å². The zero-order valence-electron chi connectivity index (χ0n) is 16.1. The number of para-hydroxylation sites is 1. The minimum absolute atomic E-state index is 0.182. The van der Waals surface area contributed by atoms with Crippen LogP contribution in [0.5, 0.6) is 0 Å². The quantitative estimate of drug-likeness (QED) is 0.418. The summed E-state index contributed by atoms with van der Waals surface area (Å²) in [5, 5.41) is 1.17. The minimum atomic E-state index is -0.182. The van der Waals surface area contributed by atoms with Crippen molar-refractivity contribution in [3.63, 3.8) is 0 Å². The lowest BCUT2D eigenvalue weighted by atomic mass is 10.1. The molecule has 0 fully saturated rings. The van der Waals surface area contributed by atoms with E-state index in [1.165, 1.54) is 17.0 Å². The molecule has 4 aromatic rings. The Balaban J connectivity index is 1.67. The second kappa shape index (κ2) is 8.72. The van der Waals surface area contributed by atoms with Gasteiger partial charge in [0.1, 0.15) is 5.82 Å². The third-order valence-corrected chi connectivity index (χ3v) is 5.01. The molecule has 2 aromatic carbocycles. The molecule has 0 saturated heterocycles. The smallest absolute Gasteiger partial charge is 0.127 e. The molecule has 4 rings (SSSR count). The highest BCUT2D eigenvalue weighted by Gasteiger charge is 2.15. The van der Waals surface area contributed by atoms with Gasteiger partial charge in [-0.3, -0.25) is 9.88 Å². The first-order chi connectivity index (χ1) is 14.2. The van der Waals surface area contributed by atoms with Gasteiger partial charge in [0, 0.05) is 54.7 Å². The Labute approximate surface area is 170 Å². The van der Waals surface area contributed by atoms with Crippen molar-refractivity contribution >= 4 is 10.9 Å². The van der Waals surface area contributed by atoms with Gasteiger partial charge in [0.15, 0.2) is 0 Å². The topological polar surface area (TPSA) is 21.1 Å². The number of rotatable bonds is 7. The molecule has 4 heteroatoms. The summed E-state index contributed by atoms with van der Waals surface area (Å²) in [6.45, 7) is 2.39. The van der Waals surface area contributed by atoms with E-state index in [0.717, 1.165) is 11.1 Å². The largest absolute Gasteiger partial charge is 0.336 e. The van der Waals surface area contributed by atoms with E-state index in [9.17, 15) is 4.39 Å². The van der Waals surface area contributed by atoms with Crippen LogP contribution in [0.2, 0.25) is 0 Å². The highest BCUT2D eigenvalue weighted by Crippen LogP contribution is 2.24. The first-order valence-corrected chi connectivity index (χ1v) is 9.59. The van der Waals surface area contributed by atoms with Crippen LogP contribution in [-0.2, 0) is 26.2 Å². The van der Waals surface area contributed by atoms with Gasteiger partial charge in [0.05, 0.1) is 6.54 Å². The van der Waals surface area contributed by atoms with Crippen LogP contribution in [0.3, 0.4) is 0 Å². The second-order valence-electron chi connectivity index (χ2n) is 7.10. The predicted molar refractivity (Wildman–Crippen MR) is 114 cm³/mol. The van der Waals surface area contributed by atoms with Gasteiger partial charge >= 0.3 is 0 Å². The molecular weight excluding hydrogens is 361 g/mol. The zero-order chi connectivity index (χ0) is 20.1. The van der Waals surface area contributed by atoms with Crippen LogP contribution in [0, 0.1) is 18.2 Å². The third kappa shape index (κ3) is 4.37. The van der Waals surface area contributed by atoms with Crippen LogP contribution >= 0.6 is 0 Å². The number of aromatic nitrogens is 2. The Bertz CT molecular complexity index is 1140. The SMILES string of the molecule is C#CCn1cc(CN(Cc2cccnc2)Cc2ccccc2F)c2ccccc21.